The van der Waals surface area contributed by atoms with Gasteiger partial charge in [0, 0.05) is 10.2 Å². The van der Waals surface area contributed by atoms with E-state index < -0.39 is 5.97 Å². The van der Waals surface area contributed by atoms with Gasteiger partial charge in [0.1, 0.15) is 6.07 Å². The molecule has 0 N–H and O–H groups in total. The van der Waals surface area contributed by atoms with Crippen LogP contribution in [0.1, 0.15) is 21.5 Å². The topological polar surface area (TPSA) is 50.1 Å². The number of benzene rings is 1. The van der Waals surface area contributed by atoms with Gasteiger partial charge in [-0.2, -0.15) is 5.26 Å². The van der Waals surface area contributed by atoms with Gasteiger partial charge in [0.15, 0.2) is 0 Å². The van der Waals surface area contributed by atoms with Crippen LogP contribution in [-0.2, 0) is 10.1 Å². The van der Waals surface area contributed by atoms with Gasteiger partial charge in [0.2, 0.25) is 0 Å². The van der Waals surface area contributed by atoms with Crippen molar-refractivity contribution in [3.63, 3.8) is 0 Å². The highest BCUT2D eigenvalue weighted by Crippen LogP contribution is 2.22. The van der Waals surface area contributed by atoms with Crippen LogP contribution in [0, 0.1) is 11.3 Å². The van der Waals surface area contributed by atoms with Crippen LogP contribution < -0.4 is 0 Å². The predicted molar refractivity (Wildman–Crippen MR) is 62.4 cm³/mol. The number of carbonyl (C=O) groups excluding carboxylic acids is 1. The van der Waals surface area contributed by atoms with Gasteiger partial charge in [-0.05, 0) is 17.7 Å². The first kappa shape index (κ1) is 12.1. The molecule has 0 atom stereocenters. The van der Waals surface area contributed by atoms with Crippen molar-refractivity contribution in [2.75, 3.05) is 7.11 Å². The lowest BCUT2D eigenvalue weighted by Gasteiger charge is -2.07. The SMILES string of the molecule is COC(=O)c1c(S)cc(CBr)cc1C#N. The summed E-state index contributed by atoms with van der Waals surface area (Å²) in [5.41, 5.74) is 1.39. The van der Waals surface area contributed by atoms with E-state index in [1.807, 2.05) is 6.07 Å². The summed E-state index contributed by atoms with van der Waals surface area (Å²) in [4.78, 5) is 11.8. The minimum absolute atomic E-state index is 0.216. The number of ether oxygens (including phenoxy) is 1. The van der Waals surface area contributed by atoms with Crippen LogP contribution in [0.2, 0.25) is 0 Å². The van der Waals surface area contributed by atoms with Crippen LogP contribution in [0.25, 0.3) is 0 Å². The fourth-order valence-corrected chi connectivity index (χ4v) is 1.87. The highest BCUT2D eigenvalue weighted by Gasteiger charge is 2.16. The molecule has 0 radical (unpaired) electrons. The second-order valence-electron chi connectivity index (χ2n) is 2.77. The molecule has 0 aliphatic carbocycles. The summed E-state index contributed by atoms with van der Waals surface area (Å²) in [7, 11) is 1.27. The van der Waals surface area contributed by atoms with E-state index in [-0.39, 0.29) is 11.1 Å². The van der Waals surface area contributed by atoms with Crippen LogP contribution in [0.5, 0.6) is 0 Å². The maximum atomic E-state index is 11.4. The number of methoxy groups -OCH3 is 1. The molecular formula is C10H8BrNO2S. The average molecular weight is 286 g/mol. The van der Waals surface area contributed by atoms with Gasteiger partial charge >= 0.3 is 5.97 Å². The van der Waals surface area contributed by atoms with E-state index in [0.717, 1.165) is 5.56 Å². The number of thiol groups is 1. The van der Waals surface area contributed by atoms with Crippen molar-refractivity contribution in [3.05, 3.63) is 28.8 Å². The highest BCUT2D eigenvalue weighted by atomic mass is 79.9. The van der Waals surface area contributed by atoms with E-state index in [9.17, 15) is 4.79 Å². The van der Waals surface area contributed by atoms with Crippen molar-refractivity contribution >= 4 is 34.5 Å². The molecule has 0 aliphatic rings. The molecule has 0 amide bonds. The van der Waals surface area contributed by atoms with Gasteiger partial charge in [-0.3, -0.25) is 0 Å². The third-order valence-electron chi connectivity index (χ3n) is 1.84. The Kier molecular flexibility index (Phi) is 4.18. The van der Waals surface area contributed by atoms with Crippen LogP contribution in [0.4, 0.5) is 0 Å². The number of nitrogens with zero attached hydrogens (tertiary/aromatic N) is 1. The summed E-state index contributed by atoms with van der Waals surface area (Å²) in [6.45, 7) is 0. The van der Waals surface area contributed by atoms with Crippen molar-refractivity contribution < 1.29 is 9.53 Å². The number of esters is 1. The van der Waals surface area contributed by atoms with Gasteiger partial charge in [0.25, 0.3) is 0 Å². The standard InChI is InChI=1S/C10H8BrNO2S/c1-14-10(13)9-7(5-12)2-6(4-11)3-8(9)15/h2-3,15H,4H2,1H3. The quantitative estimate of drug-likeness (QED) is 0.516. The van der Waals surface area contributed by atoms with Gasteiger partial charge in [0.05, 0.1) is 18.2 Å². The van der Waals surface area contributed by atoms with Crippen molar-refractivity contribution in [2.24, 2.45) is 0 Å². The molecule has 3 nitrogen and oxygen atoms in total. The smallest absolute Gasteiger partial charge is 0.340 e. The summed E-state index contributed by atoms with van der Waals surface area (Å²) in [6, 6.07) is 5.32. The van der Waals surface area contributed by atoms with Gasteiger partial charge < -0.3 is 4.74 Å². The van der Waals surface area contributed by atoms with E-state index in [0.29, 0.717) is 10.2 Å². The zero-order valence-electron chi connectivity index (χ0n) is 7.95. The highest BCUT2D eigenvalue weighted by molar-refractivity contribution is 9.08. The second kappa shape index (κ2) is 5.19. The first-order valence-electron chi connectivity index (χ1n) is 4.04. The molecule has 0 saturated heterocycles. The Bertz CT molecular complexity index is 440. The third kappa shape index (κ3) is 2.52. The van der Waals surface area contributed by atoms with Crippen molar-refractivity contribution in [1.29, 1.82) is 5.26 Å². The Hall–Kier alpha value is -0.990. The maximum absolute atomic E-state index is 11.4. The second-order valence-corrected chi connectivity index (χ2v) is 3.82. The van der Waals surface area contributed by atoms with Crippen molar-refractivity contribution in [3.8, 4) is 6.07 Å². The summed E-state index contributed by atoms with van der Waals surface area (Å²) in [5, 5.41) is 9.51. The summed E-state index contributed by atoms with van der Waals surface area (Å²) in [5.74, 6) is -0.544. The maximum Gasteiger partial charge on any atom is 0.340 e. The molecule has 0 spiro atoms. The number of hydrogen-bond donors (Lipinski definition) is 1. The van der Waals surface area contributed by atoms with Crippen molar-refractivity contribution in [2.45, 2.75) is 10.2 Å². The molecule has 1 aromatic rings. The molecule has 0 fully saturated rings. The minimum Gasteiger partial charge on any atom is -0.465 e. The molecular weight excluding hydrogens is 278 g/mol. The lowest BCUT2D eigenvalue weighted by Crippen LogP contribution is -2.06. The van der Waals surface area contributed by atoms with Crippen LogP contribution in [0.3, 0.4) is 0 Å². The fourth-order valence-electron chi connectivity index (χ4n) is 1.17. The molecule has 78 valence electrons. The summed E-state index contributed by atoms with van der Waals surface area (Å²) in [6.07, 6.45) is 0. The number of alkyl halides is 1. The molecule has 1 aromatic carbocycles. The van der Waals surface area contributed by atoms with Crippen LogP contribution in [0.15, 0.2) is 17.0 Å². The minimum atomic E-state index is -0.544. The number of carbonyl (C=O) groups is 1. The zero-order valence-corrected chi connectivity index (χ0v) is 10.4. The number of halogens is 1. The summed E-state index contributed by atoms with van der Waals surface area (Å²) < 4.78 is 4.58. The fraction of sp³-hybridized carbons (Fsp3) is 0.200. The molecule has 0 aliphatic heterocycles. The van der Waals surface area contributed by atoms with Crippen LogP contribution in [-0.4, -0.2) is 13.1 Å². The Labute approximate surface area is 102 Å². The molecule has 0 aromatic heterocycles. The van der Waals surface area contributed by atoms with Gasteiger partial charge in [-0.1, -0.05) is 15.9 Å². The number of rotatable bonds is 2. The number of nitriles is 1. The molecule has 5 heteroatoms. The monoisotopic (exact) mass is 285 g/mol. The first-order chi connectivity index (χ1) is 7.13. The van der Waals surface area contributed by atoms with Gasteiger partial charge in [-0.15, -0.1) is 12.6 Å². The van der Waals surface area contributed by atoms with E-state index in [2.05, 4.69) is 33.3 Å². The number of hydrogen-bond acceptors (Lipinski definition) is 4. The molecule has 0 bridgehead atoms. The van der Waals surface area contributed by atoms with E-state index in [1.165, 1.54) is 7.11 Å². The molecule has 15 heavy (non-hydrogen) atoms. The average Bonchev–Trinajstić information content (AvgIpc) is 2.26. The zero-order chi connectivity index (χ0) is 11.4. The van der Waals surface area contributed by atoms with Crippen molar-refractivity contribution in [1.82, 2.24) is 0 Å². The largest absolute Gasteiger partial charge is 0.465 e. The molecule has 1 rings (SSSR count). The Morgan fingerprint density at radius 1 is 1.67 bits per heavy atom. The Balaban J connectivity index is 3.39. The van der Waals surface area contributed by atoms with E-state index in [1.54, 1.807) is 12.1 Å². The molecule has 0 unspecified atom stereocenters. The lowest BCUT2D eigenvalue weighted by molar-refractivity contribution is 0.0596. The van der Waals surface area contributed by atoms with Gasteiger partial charge in [-0.25, -0.2) is 4.79 Å². The normalized spacial score (nSPS) is 9.47. The molecule has 0 saturated carbocycles. The van der Waals surface area contributed by atoms with E-state index in [4.69, 9.17) is 5.26 Å². The summed E-state index contributed by atoms with van der Waals surface area (Å²) >= 11 is 7.44. The predicted octanol–water partition coefficient (Wildman–Crippen LogP) is 2.53. The van der Waals surface area contributed by atoms with Crippen LogP contribution >= 0.6 is 28.6 Å². The molecule has 0 heterocycles. The van der Waals surface area contributed by atoms with E-state index >= 15 is 0 Å². The lowest BCUT2D eigenvalue weighted by atomic mass is 10.1. The first-order valence-corrected chi connectivity index (χ1v) is 5.61. The Morgan fingerprint density at radius 3 is 2.80 bits per heavy atom. The third-order valence-corrected chi connectivity index (χ3v) is 2.84. The Morgan fingerprint density at radius 2 is 2.33 bits per heavy atom.